The second-order valence-electron chi connectivity index (χ2n) is 3.44. The zero-order valence-corrected chi connectivity index (χ0v) is 7.70. The Labute approximate surface area is 82.8 Å². The monoisotopic (exact) mass is 177 g/mol. The van der Waals surface area contributed by atoms with Crippen LogP contribution < -0.4 is 0 Å². The Kier molecular flexibility index (Phi) is 1.54. The Morgan fingerprint density at radius 3 is 1.71 bits per heavy atom. The molecule has 0 aliphatic rings. The highest BCUT2D eigenvalue weighted by Gasteiger charge is 1.88. The summed E-state index contributed by atoms with van der Waals surface area (Å²) >= 11 is 0. The third-order valence-electron chi connectivity index (χ3n) is 2.50. The molecule has 0 saturated heterocycles. The van der Waals surface area contributed by atoms with Crippen molar-refractivity contribution in [2.45, 2.75) is 0 Å². The van der Waals surface area contributed by atoms with Crippen LogP contribution in [0, 0.1) is 6.07 Å². The third kappa shape index (κ3) is 1.08. The summed E-state index contributed by atoms with van der Waals surface area (Å²) < 4.78 is 0. The summed E-state index contributed by atoms with van der Waals surface area (Å²) in [7, 11) is 0. The van der Waals surface area contributed by atoms with Gasteiger partial charge in [0.05, 0.1) is 0 Å². The highest BCUT2D eigenvalue weighted by molar-refractivity contribution is 5.97. The second kappa shape index (κ2) is 2.85. The highest BCUT2D eigenvalue weighted by atomic mass is 14.0. The summed E-state index contributed by atoms with van der Waals surface area (Å²) in [6.07, 6.45) is 0. The van der Waals surface area contributed by atoms with E-state index in [9.17, 15) is 0 Å². The standard InChI is InChI=1S/C14H9/c1-2-6-12-10-14-8-4-3-7-13(14)9-11(12)5-1/h1-9H/q-1. The van der Waals surface area contributed by atoms with Crippen LogP contribution in [0.4, 0.5) is 0 Å². The molecule has 14 heavy (non-hydrogen) atoms. The van der Waals surface area contributed by atoms with Crippen molar-refractivity contribution in [1.82, 2.24) is 0 Å². The molecule has 0 amide bonds. The Balaban J connectivity index is 2.52. The van der Waals surface area contributed by atoms with Gasteiger partial charge in [-0.25, -0.2) is 0 Å². The predicted octanol–water partition coefficient (Wildman–Crippen LogP) is 3.79. The summed E-state index contributed by atoms with van der Waals surface area (Å²) in [4.78, 5) is 0. The van der Waals surface area contributed by atoms with Crippen molar-refractivity contribution in [1.29, 1.82) is 0 Å². The number of fused-ring (bicyclic) bond motifs is 2. The SMILES string of the molecule is [c-]1c2ccccc2cc2ccccc12. The summed E-state index contributed by atoms with van der Waals surface area (Å²) in [6, 6.07) is 22.3. The molecular weight excluding hydrogens is 168 g/mol. The van der Waals surface area contributed by atoms with E-state index in [1.165, 1.54) is 21.5 Å². The molecule has 0 radical (unpaired) electrons. The first-order valence-electron chi connectivity index (χ1n) is 4.73. The lowest BCUT2D eigenvalue weighted by atomic mass is 10.0. The van der Waals surface area contributed by atoms with Crippen molar-refractivity contribution in [3.8, 4) is 0 Å². The molecule has 0 N–H and O–H groups in total. The molecule has 0 heteroatoms. The Bertz CT molecular complexity index is 489. The molecule has 3 rings (SSSR count). The van der Waals surface area contributed by atoms with E-state index in [-0.39, 0.29) is 0 Å². The maximum absolute atomic E-state index is 3.41. The van der Waals surface area contributed by atoms with Crippen molar-refractivity contribution >= 4 is 21.5 Å². The van der Waals surface area contributed by atoms with Gasteiger partial charge in [0.2, 0.25) is 0 Å². The number of hydrogen-bond donors (Lipinski definition) is 0. The topological polar surface area (TPSA) is 0 Å². The van der Waals surface area contributed by atoms with Gasteiger partial charge >= 0.3 is 0 Å². The molecule has 0 nitrogen and oxygen atoms in total. The third-order valence-corrected chi connectivity index (χ3v) is 2.50. The minimum absolute atomic E-state index is 1.19. The summed E-state index contributed by atoms with van der Waals surface area (Å²) in [5.74, 6) is 0. The van der Waals surface area contributed by atoms with Crippen LogP contribution in [-0.4, -0.2) is 0 Å². The fourth-order valence-electron chi connectivity index (χ4n) is 1.79. The number of benzene rings is 3. The molecule has 0 spiro atoms. The van der Waals surface area contributed by atoms with Gasteiger partial charge in [-0.3, -0.25) is 0 Å². The van der Waals surface area contributed by atoms with Crippen molar-refractivity contribution in [3.05, 3.63) is 60.7 Å². The van der Waals surface area contributed by atoms with E-state index in [0.29, 0.717) is 0 Å². The van der Waals surface area contributed by atoms with Crippen LogP contribution in [-0.2, 0) is 0 Å². The molecule has 0 unspecified atom stereocenters. The second-order valence-corrected chi connectivity index (χ2v) is 3.44. The average molecular weight is 177 g/mol. The van der Waals surface area contributed by atoms with Crippen LogP contribution >= 0.6 is 0 Å². The fourth-order valence-corrected chi connectivity index (χ4v) is 1.79. The predicted molar refractivity (Wildman–Crippen MR) is 60.3 cm³/mol. The first-order chi connectivity index (χ1) is 6.93. The van der Waals surface area contributed by atoms with Crippen molar-refractivity contribution in [2.24, 2.45) is 0 Å². The maximum Gasteiger partial charge on any atom is -0.0765 e. The van der Waals surface area contributed by atoms with Gasteiger partial charge in [0.1, 0.15) is 0 Å². The van der Waals surface area contributed by atoms with Gasteiger partial charge in [0.15, 0.2) is 0 Å². The molecule has 3 aromatic carbocycles. The largest absolute Gasteiger partial charge is 0.118 e. The molecule has 0 aliphatic carbocycles. The van der Waals surface area contributed by atoms with Gasteiger partial charge in [-0.1, -0.05) is 47.2 Å². The smallest absolute Gasteiger partial charge is 0.0765 e. The molecule has 0 saturated carbocycles. The van der Waals surface area contributed by atoms with Crippen LogP contribution in [0.25, 0.3) is 21.5 Å². The quantitative estimate of drug-likeness (QED) is 0.362. The lowest BCUT2D eigenvalue weighted by Gasteiger charge is -2.07. The van der Waals surface area contributed by atoms with Crippen LogP contribution in [0.1, 0.15) is 0 Å². The first kappa shape index (κ1) is 7.57. The molecule has 66 valence electrons. The zero-order valence-electron chi connectivity index (χ0n) is 7.70. The summed E-state index contributed by atoms with van der Waals surface area (Å²) in [5.41, 5.74) is 0. The van der Waals surface area contributed by atoms with Crippen molar-refractivity contribution < 1.29 is 0 Å². The molecule has 0 aliphatic heterocycles. The van der Waals surface area contributed by atoms with Crippen molar-refractivity contribution in [3.63, 3.8) is 0 Å². The Morgan fingerprint density at radius 2 is 1.14 bits per heavy atom. The maximum atomic E-state index is 3.41. The minimum atomic E-state index is 1.19. The lowest BCUT2D eigenvalue weighted by molar-refractivity contribution is 1.76. The van der Waals surface area contributed by atoms with E-state index < -0.39 is 0 Å². The van der Waals surface area contributed by atoms with Gasteiger partial charge in [-0.05, 0) is 0 Å². The van der Waals surface area contributed by atoms with Gasteiger partial charge in [-0.15, -0.1) is 35.0 Å². The number of hydrogen-bond acceptors (Lipinski definition) is 0. The normalized spacial score (nSPS) is 10.9. The Hall–Kier alpha value is -1.82. The zero-order chi connectivity index (χ0) is 9.38. The van der Waals surface area contributed by atoms with Gasteiger partial charge in [-0.2, -0.15) is 0 Å². The molecule has 0 bridgehead atoms. The average Bonchev–Trinajstić information content (AvgIpc) is 2.26. The molecule has 0 aromatic heterocycles. The summed E-state index contributed by atoms with van der Waals surface area (Å²) in [6.45, 7) is 0. The van der Waals surface area contributed by atoms with E-state index in [2.05, 4.69) is 48.5 Å². The van der Waals surface area contributed by atoms with Crippen LogP contribution in [0.3, 0.4) is 0 Å². The lowest BCUT2D eigenvalue weighted by Crippen LogP contribution is -1.75. The molecule has 0 atom stereocenters. The fraction of sp³-hybridized carbons (Fsp3) is 0. The minimum Gasteiger partial charge on any atom is -0.118 e. The van der Waals surface area contributed by atoms with E-state index in [1.54, 1.807) is 0 Å². The van der Waals surface area contributed by atoms with Crippen LogP contribution in [0.2, 0.25) is 0 Å². The van der Waals surface area contributed by atoms with E-state index in [4.69, 9.17) is 0 Å². The number of rotatable bonds is 0. The van der Waals surface area contributed by atoms with Gasteiger partial charge in [0.25, 0.3) is 0 Å². The summed E-state index contributed by atoms with van der Waals surface area (Å²) in [5, 5.41) is 4.88. The molecular formula is C14H9-. The van der Waals surface area contributed by atoms with E-state index in [1.807, 2.05) is 12.1 Å². The molecule has 0 heterocycles. The molecule has 3 aromatic rings. The highest BCUT2D eigenvalue weighted by Crippen LogP contribution is 2.21. The van der Waals surface area contributed by atoms with Crippen LogP contribution in [0.5, 0.6) is 0 Å². The van der Waals surface area contributed by atoms with Gasteiger partial charge in [0, 0.05) is 0 Å². The van der Waals surface area contributed by atoms with Crippen molar-refractivity contribution in [2.75, 3.05) is 0 Å². The van der Waals surface area contributed by atoms with E-state index >= 15 is 0 Å². The Morgan fingerprint density at radius 1 is 0.643 bits per heavy atom. The molecule has 0 fully saturated rings. The van der Waals surface area contributed by atoms with Crippen LogP contribution in [0.15, 0.2) is 54.6 Å². The first-order valence-corrected chi connectivity index (χ1v) is 4.73. The van der Waals surface area contributed by atoms with Gasteiger partial charge < -0.3 is 0 Å². The van der Waals surface area contributed by atoms with E-state index in [0.717, 1.165) is 0 Å².